The number of nitrogens with zero attached hydrogens (tertiary/aromatic N) is 1. The lowest BCUT2D eigenvalue weighted by Gasteiger charge is -2.53. The van der Waals surface area contributed by atoms with E-state index in [1.54, 1.807) is 0 Å². The van der Waals surface area contributed by atoms with Crippen LogP contribution in [0, 0.1) is 5.92 Å². The molecule has 1 saturated carbocycles. The van der Waals surface area contributed by atoms with Gasteiger partial charge in [-0.3, -0.25) is 4.90 Å². The second-order valence-corrected chi connectivity index (χ2v) is 7.79. The zero-order valence-corrected chi connectivity index (χ0v) is 14.0. The average Bonchev–Trinajstić information content (AvgIpc) is 3.33. The zero-order valence-electron chi connectivity index (χ0n) is 14.0. The van der Waals surface area contributed by atoms with Crippen molar-refractivity contribution in [3.8, 4) is 0 Å². The van der Waals surface area contributed by atoms with Crippen molar-refractivity contribution >= 4 is 0 Å². The number of piperazine rings is 1. The molecule has 0 spiro atoms. The van der Waals surface area contributed by atoms with E-state index in [1.165, 1.54) is 24.8 Å². The Balaban J connectivity index is 1.89. The van der Waals surface area contributed by atoms with Crippen LogP contribution >= 0.6 is 0 Å². The molecule has 0 bridgehead atoms. The van der Waals surface area contributed by atoms with Crippen LogP contribution in [-0.4, -0.2) is 29.1 Å². The molecular weight excluding hydrogens is 256 g/mol. The molecule has 0 amide bonds. The molecule has 0 aromatic heterocycles. The van der Waals surface area contributed by atoms with E-state index in [0.717, 1.165) is 19.0 Å². The van der Waals surface area contributed by atoms with Gasteiger partial charge in [-0.15, -0.1) is 0 Å². The van der Waals surface area contributed by atoms with Crippen LogP contribution in [0.5, 0.6) is 0 Å². The lowest BCUT2D eigenvalue weighted by Crippen LogP contribution is -2.65. The van der Waals surface area contributed by atoms with Gasteiger partial charge >= 0.3 is 0 Å². The summed E-state index contributed by atoms with van der Waals surface area (Å²) in [7, 11) is 0. The summed E-state index contributed by atoms with van der Waals surface area (Å²) < 4.78 is 0. The van der Waals surface area contributed by atoms with E-state index in [0.29, 0.717) is 11.6 Å². The first-order valence-electron chi connectivity index (χ1n) is 8.53. The Morgan fingerprint density at radius 3 is 2.48 bits per heavy atom. The van der Waals surface area contributed by atoms with Crippen LogP contribution in [0.2, 0.25) is 0 Å². The van der Waals surface area contributed by atoms with E-state index in [-0.39, 0.29) is 5.54 Å². The van der Waals surface area contributed by atoms with Gasteiger partial charge in [0.1, 0.15) is 0 Å². The van der Waals surface area contributed by atoms with Gasteiger partial charge < -0.3 is 5.32 Å². The van der Waals surface area contributed by atoms with E-state index >= 15 is 0 Å². The molecule has 3 rings (SSSR count). The lowest BCUT2D eigenvalue weighted by atomic mass is 9.84. The van der Waals surface area contributed by atoms with Crippen molar-refractivity contribution in [2.24, 2.45) is 5.92 Å². The Hall–Kier alpha value is -0.860. The van der Waals surface area contributed by atoms with Crippen LogP contribution in [0.4, 0.5) is 0 Å². The predicted molar refractivity (Wildman–Crippen MR) is 89.4 cm³/mol. The highest BCUT2D eigenvalue weighted by atomic mass is 15.3. The van der Waals surface area contributed by atoms with Crippen LogP contribution in [-0.2, 0) is 0 Å². The van der Waals surface area contributed by atoms with E-state index in [2.05, 4.69) is 68.2 Å². The van der Waals surface area contributed by atoms with Gasteiger partial charge in [-0.25, -0.2) is 0 Å². The molecular formula is C19H30N2. The predicted octanol–water partition coefficient (Wildman–Crippen LogP) is 3.99. The van der Waals surface area contributed by atoms with Crippen LogP contribution in [0.15, 0.2) is 30.3 Å². The van der Waals surface area contributed by atoms with E-state index < -0.39 is 0 Å². The van der Waals surface area contributed by atoms with Gasteiger partial charge in [-0.05, 0) is 51.5 Å². The van der Waals surface area contributed by atoms with Crippen LogP contribution in [0.3, 0.4) is 0 Å². The van der Waals surface area contributed by atoms with Crippen LogP contribution < -0.4 is 5.32 Å². The minimum absolute atomic E-state index is 0.249. The van der Waals surface area contributed by atoms with Gasteiger partial charge in [-0.1, -0.05) is 37.3 Å². The van der Waals surface area contributed by atoms with Crippen LogP contribution in [0.25, 0.3) is 0 Å². The highest BCUT2D eigenvalue weighted by Gasteiger charge is 2.48. The Labute approximate surface area is 129 Å². The van der Waals surface area contributed by atoms with E-state index in [9.17, 15) is 0 Å². The molecule has 2 nitrogen and oxygen atoms in total. The maximum absolute atomic E-state index is 3.89. The number of hydrogen-bond donors (Lipinski definition) is 1. The van der Waals surface area contributed by atoms with Crippen molar-refractivity contribution in [2.75, 3.05) is 13.1 Å². The second-order valence-electron chi connectivity index (χ2n) is 7.79. The number of hydrogen-bond acceptors (Lipinski definition) is 2. The fraction of sp³-hybridized carbons (Fsp3) is 0.684. The van der Waals surface area contributed by atoms with Gasteiger partial charge in [-0.2, -0.15) is 0 Å². The van der Waals surface area contributed by atoms with Gasteiger partial charge in [0.15, 0.2) is 0 Å². The summed E-state index contributed by atoms with van der Waals surface area (Å²) in [5.74, 6) is 0.879. The van der Waals surface area contributed by atoms with Crippen molar-refractivity contribution < 1.29 is 0 Å². The third-order valence-corrected chi connectivity index (χ3v) is 5.88. The maximum atomic E-state index is 3.89. The highest BCUT2D eigenvalue weighted by molar-refractivity contribution is 5.22. The summed E-state index contributed by atoms with van der Waals surface area (Å²) in [6, 6.07) is 11.5. The smallest absolute Gasteiger partial charge is 0.0478 e. The summed E-state index contributed by atoms with van der Waals surface area (Å²) in [6.45, 7) is 11.8. The number of benzene rings is 1. The standard InChI is InChI=1S/C19H30N2/c1-5-18(2,3)21-14-19(4,16-11-12-16)20-13-17(21)15-9-7-6-8-10-15/h6-10,16-17,20H,5,11-14H2,1-4H3. The summed E-state index contributed by atoms with van der Waals surface area (Å²) in [4.78, 5) is 2.76. The SMILES string of the molecule is CCC(C)(C)N1CC(C)(C2CC2)NCC1c1ccccc1. The molecule has 116 valence electrons. The van der Waals surface area contributed by atoms with E-state index in [4.69, 9.17) is 0 Å². The third-order valence-electron chi connectivity index (χ3n) is 5.88. The monoisotopic (exact) mass is 286 g/mol. The Morgan fingerprint density at radius 2 is 1.90 bits per heavy atom. The van der Waals surface area contributed by atoms with Crippen molar-refractivity contribution in [2.45, 2.75) is 64.1 Å². The normalized spacial score (nSPS) is 31.3. The molecule has 1 aliphatic carbocycles. The molecule has 2 heteroatoms. The quantitative estimate of drug-likeness (QED) is 0.900. The summed E-state index contributed by atoms with van der Waals surface area (Å²) in [5.41, 5.74) is 2.00. The molecule has 1 heterocycles. The van der Waals surface area contributed by atoms with Crippen molar-refractivity contribution in [1.29, 1.82) is 0 Å². The highest BCUT2D eigenvalue weighted by Crippen LogP contribution is 2.44. The molecule has 2 fully saturated rings. The first-order valence-corrected chi connectivity index (χ1v) is 8.53. The zero-order chi connectivity index (χ0) is 15.1. The molecule has 1 aliphatic heterocycles. The molecule has 1 N–H and O–H groups in total. The van der Waals surface area contributed by atoms with Gasteiger partial charge in [0.2, 0.25) is 0 Å². The summed E-state index contributed by atoms with van der Waals surface area (Å²) in [5, 5.41) is 3.89. The summed E-state index contributed by atoms with van der Waals surface area (Å²) in [6.07, 6.45) is 4.00. The lowest BCUT2D eigenvalue weighted by molar-refractivity contribution is -0.00524. The van der Waals surface area contributed by atoms with Crippen molar-refractivity contribution in [1.82, 2.24) is 10.2 Å². The number of nitrogens with one attached hydrogen (secondary N) is 1. The van der Waals surface area contributed by atoms with E-state index in [1.807, 2.05) is 0 Å². The molecule has 0 radical (unpaired) electrons. The van der Waals surface area contributed by atoms with Crippen LogP contribution in [0.1, 0.15) is 58.6 Å². The first kappa shape index (κ1) is 15.1. The molecule has 2 atom stereocenters. The van der Waals surface area contributed by atoms with Crippen molar-refractivity contribution in [3.63, 3.8) is 0 Å². The fourth-order valence-electron chi connectivity index (χ4n) is 3.77. The second kappa shape index (κ2) is 5.40. The minimum atomic E-state index is 0.249. The first-order chi connectivity index (χ1) is 9.96. The largest absolute Gasteiger partial charge is 0.308 e. The van der Waals surface area contributed by atoms with Crippen molar-refractivity contribution in [3.05, 3.63) is 35.9 Å². The fourth-order valence-corrected chi connectivity index (χ4v) is 3.77. The molecule has 2 aliphatic rings. The molecule has 21 heavy (non-hydrogen) atoms. The molecule has 1 saturated heterocycles. The van der Waals surface area contributed by atoms with Gasteiger partial charge in [0, 0.05) is 30.2 Å². The molecule has 1 aromatic carbocycles. The molecule has 2 unspecified atom stereocenters. The maximum Gasteiger partial charge on any atom is 0.0478 e. The Kier molecular flexibility index (Phi) is 3.87. The molecule has 1 aromatic rings. The van der Waals surface area contributed by atoms with Gasteiger partial charge in [0.25, 0.3) is 0 Å². The average molecular weight is 286 g/mol. The Morgan fingerprint density at radius 1 is 1.24 bits per heavy atom. The Bertz CT molecular complexity index is 478. The topological polar surface area (TPSA) is 15.3 Å². The number of rotatable bonds is 4. The summed E-state index contributed by atoms with van der Waals surface area (Å²) >= 11 is 0. The minimum Gasteiger partial charge on any atom is -0.308 e. The third kappa shape index (κ3) is 2.89. The van der Waals surface area contributed by atoms with Gasteiger partial charge in [0.05, 0.1) is 0 Å².